The van der Waals surface area contributed by atoms with Crippen LogP contribution in [0, 0.1) is 17.0 Å². The second-order valence-electron chi connectivity index (χ2n) is 7.75. The van der Waals surface area contributed by atoms with Gasteiger partial charge in [-0.15, -0.1) is 0 Å². The molecule has 36 heavy (non-hydrogen) atoms. The van der Waals surface area contributed by atoms with Gasteiger partial charge in [-0.1, -0.05) is 18.2 Å². The molecule has 0 fully saturated rings. The third-order valence-electron chi connectivity index (χ3n) is 5.35. The molecular weight excluding hydrogens is 468 g/mol. The average Bonchev–Trinajstić information content (AvgIpc) is 2.84. The van der Waals surface area contributed by atoms with Crippen LogP contribution in [0.2, 0.25) is 0 Å². The number of hydrazine groups is 1. The Kier molecular flexibility index (Phi) is 7.53. The highest BCUT2D eigenvalue weighted by Gasteiger charge is 2.25. The molecular formula is C25H24N4O7. The van der Waals surface area contributed by atoms with E-state index < -0.39 is 16.8 Å². The second kappa shape index (κ2) is 10.6. The van der Waals surface area contributed by atoms with Gasteiger partial charge >= 0.3 is 5.97 Å². The summed E-state index contributed by atoms with van der Waals surface area (Å²) in [6, 6.07) is 13.7. The molecule has 186 valence electrons. The topological polar surface area (TPSA) is 145 Å². The van der Waals surface area contributed by atoms with Gasteiger partial charge in [-0.25, -0.2) is 10.0 Å². The van der Waals surface area contributed by atoms with Crippen LogP contribution in [-0.2, 0) is 9.59 Å². The van der Waals surface area contributed by atoms with Crippen LogP contribution < -0.4 is 20.2 Å². The molecule has 2 amide bonds. The van der Waals surface area contributed by atoms with E-state index >= 15 is 0 Å². The fourth-order valence-electron chi connectivity index (χ4n) is 3.61. The van der Waals surface area contributed by atoms with E-state index in [0.717, 1.165) is 15.6 Å². The van der Waals surface area contributed by atoms with E-state index in [1.165, 1.54) is 45.3 Å². The summed E-state index contributed by atoms with van der Waals surface area (Å²) in [5.41, 5.74) is 7.67. The number of carbonyl (C=O) groups is 3. The molecule has 11 heteroatoms. The second-order valence-corrected chi connectivity index (χ2v) is 7.75. The van der Waals surface area contributed by atoms with E-state index in [-0.39, 0.29) is 34.1 Å². The highest BCUT2D eigenvalue weighted by atomic mass is 16.6. The van der Waals surface area contributed by atoms with Crippen molar-refractivity contribution in [3.8, 4) is 22.6 Å². The van der Waals surface area contributed by atoms with Gasteiger partial charge in [0.25, 0.3) is 11.6 Å². The standard InChI is InChI=1S/C25H24N4O7/c1-15-8-11-20(23(12-15)36-16(2)31)28(14-30)27(3)25(32)17-9-10-18(22(13-17)35-4)19-6-5-7-21(24(19)26)29(33)34/h5-14H,26H2,1-4H3. The molecule has 0 radical (unpaired) electrons. The van der Waals surface area contributed by atoms with Gasteiger partial charge < -0.3 is 15.2 Å². The van der Waals surface area contributed by atoms with Crippen LogP contribution >= 0.6 is 0 Å². The Morgan fingerprint density at radius 2 is 1.78 bits per heavy atom. The first-order valence-electron chi connectivity index (χ1n) is 10.6. The van der Waals surface area contributed by atoms with Crippen molar-refractivity contribution in [3.05, 3.63) is 75.8 Å². The first kappa shape index (κ1) is 25.7. The molecule has 0 heterocycles. The van der Waals surface area contributed by atoms with Gasteiger partial charge in [-0.2, -0.15) is 0 Å². The Labute approximate surface area is 206 Å². The van der Waals surface area contributed by atoms with Crippen molar-refractivity contribution in [1.29, 1.82) is 0 Å². The Hall–Kier alpha value is -4.93. The quantitative estimate of drug-likeness (QED) is 0.125. The van der Waals surface area contributed by atoms with E-state index in [4.69, 9.17) is 15.2 Å². The fraction of sp³-hybridized carbons (Fsp3) is 0.160. The number of esters is 1. The summed E-state index contributed by atoms with van der Waals surface area (Å²) in [7, 11) is 2.77. The summed E-state index contributed by atoms with van der Waals surface area (Å²) >= 11 is 0. The lowest BCUT2D eigenvalue weighted by molar-refractivity contribution is -0.383. The monoisotopic (exact) mass is 492 g/mol. The third kappa shape index (κ3) is 5.09. The van der Waals surface area contributed by atoms with Crippen LogP contribution in [0.25, 0.3) is 11.1 Å². The maximum absolute atomic E-state index is 13.3. The molecule has 2 N–H and O–H groups in total. The fourth-order valence-corrected chi connectivity index (χ4v) is 3.61. The highest BCUT2D eigenvalue weighted by molar-refractivity contribution is 5.99. The molecule has 0 saturated heterocycles. The number of nitrogens with two attached hydrogens (primary N) is 1. The molecule has 3 rings (SSSR count). The molecule has 0 aliphatic heterocycles. The zero-order chi connectivity index (χ0) is 26.6. The molecule has 11 nitrogen and oxygen atoms in total. The number of ether oxygens (including phenoxy) is 2. The van der Waals surface area contributed by atoms with Crippen LogP contribution in [0.4, 0.5) is 17.1 Å². The van der Waals surface area contributed by atoms with Gasteiger partial charge in [0.15, 0.2) is 5.75 Å². The van der Waals surface area contributed by atoms with Crippen LogP contribution in [0.3, 0.4) is 0 Å². The van der Waals surface area contributed by atoms with Crippen LogP contribution in [-0.4, -0.2) is 42.4 Å². The molecule has 3 aromatic carbocycles. The van der Waals surface area contributed by atoms with E-state index in [9.17, 15) is 24.5 Å². The number of aryl methyl sites for hydroxylation is 1. The maximum atomic E-state index is 13.3. The molecule has 0 spiro atoms. The van der Waals surface area contributed by atoms with Crippen molar-refractivity contribution in [3.63, 3.8) is 0 Å². The van der Waals surface area contributed by atoms with Crippen LogP contribution in [0.15, 0.2) is 54.6 Å². The summed E-state index contributed by atoms with van der Waals surface area (Å²) < 4.78 is 10.7. The minimum absolute atomic E-state index is 0.0403. The lowest BCUT2D eigenvalue weighted by Gasteiger charge is -2.29. The van der Waals surface area contributed by atoms with Crippen molar-refractivity contribution in [2.45, 2.75) is 13.8 Å². The Morgan fingerprint density at radius 1 is 1.06 bits per heavy atom. The number of hydrogen-bond donors (Lipinski definition) is 1. The molecule has 0 bridgehead atoms. The number of nitro groups is 1. The lowest BCUT2D eigenvalue weighted by atomic mass is 9.99. The molecule has 0 atom stereocenters. The Morgan fingerprint density at radius 3 is 2.39 bits per heavy atom. The molecule has 3 aromatic rings. The number of methoxy groups -OCH3 is 1. The van der Waals surface area contributed by atoms with Gasteiger partial charge in [0.05, 0.1) is 12.0 Å². The molecule has 0 aliphatic carbocycles. The summed E-state index contributed by atoms with van der Waals surface area (Å²) in [6.07, 6.45) is 0.422. The number of nitrogen functional groups attached to an aromatic ring is 1. The van der Waals surface area contributed by atoms with E-state index in [1.807, 2.05) is 0 Å². The molecule has 0 saturated carbocycles. The molecule has 0 unspecified atom stereocenters. The minimum atomic E-state index is -0.582. The number of amides is 2. The number of benzene rings is 3. The number of carbonyl (C=O) groups excluding carboxylic acids is 3. The van der Waals surface area contributed by atoms with Crippen LogP contribution in [0.5, 0.6) is 11.5 Å². The van der Waals surface area contributed by atoms with Crippen molar-refractivity contribution in [1.82, 2.24) is 5.01 Å². The predicted octanol–water partition coefficient (Wildman–Crippen LogP) is 3.74. The number of rotatable bonds is 8. The molecule has 0 aromatic heterocycles. The number of nitrogens with zero attached hydrogens (tertiary/aromatic N) is 3. The first-order valence-corrected chi connectivity index (χ1v) is 10.6. The van der Waals surface area contributed by atoms with E-state index in [0.29, 0.717) is 17.5 Å². The Bertz CT molecular complexity index is 1360. The normalized spacial score (nSPS) is 10.3. The summed E-state index contributed by atoms with van der Waals surface area (Å²) in [6.45, 7) is 3.02. The van der Waals surface area contributed by atoms with Crippen molar-refractivity contribution < 1.29 is 28.8 Å². The summed E-state index contributed by atoms with van der Waals surface area (Å²) in [5.74, 6) is -0.797. The number of nitro benzene ring substituents is 1. The van der Waals surface area contributed by atoms with Gasteiger partial charge in [-0.3, -0.25) is 24.5 Å². The summed E-state index contributed by atoms with van der Waals surface area (Å²) in [5, 5.41) is 13.3. The third-order valence-corrected chi connectivity index (χ3v) is 5.35. The van der Waals surface area contributed by atoms with Crippen molar-refractivity contribution in [2.75, 3.05) is 24.9 Å². The smallest absolute Gasteiger partial charge is 0.308 e. The van der Waals surface area contributed by atoms with E-state index in [2.05, 4.69) is 0 Å². The zero-order valence-electron chi connectivity index (χ0n) is 20.1. The van der Waals surface area contributed by atoms with Gasteiger partial charge in [0.1, 0.15) is 17.1 Å². The van der Waals surface area contributed by atoms with E-state index in [1.54, 1.807) is 37.3 Å². The van der Waals surface area contributed by atoms with Crippen molar-refractivity contribution in [2.24, 2.45) is 0 Å². The average molecular weight is 492 g/mol. The number of hydrogen-bond acceptors (Lipinski definition) is 8. The largest absolute Gasteiger partial charge is 0.496 e. The predicted molar refractivity (Wildman–Crippen MR) is 133 cm³/mol. The SMILES string of the molecule is COc1cc(C(=O)N(C)N(C=O)c2ccc(C)cc2OC(C)=O)ccc1-c1cccc([N+](=O)[O-])c1N. The van der Waals surface area contributed by atoms with Gasteiger partial charge in [-0.05, 0) is 42.8 Å². The zero-order valence-corrected chi connectivity index (χ0v) is 20.1. The molecule has 0 aliphatic rings. The Balaban J connectivity index is 2.00. The van der Waals surface area contributed by atoms with Gasteiger partial charge in [0.2, 0.25) is 6.41 Å². The number of anilines is 2. The van der Waals surface area contributed by atoms with Crippen molar-refractivity contribution >= 4 is 35.3 Å². The number of para-hydroxylation sites is 1. The lowest BCUT2D eigenvalue weighted by Crippen LogP contribution is -2.43. The highest BCUT2D eigenvalue weighted by Crippen LogP contribution is 2.38. The summed E-state index contributed by atoms with van der Waals surface area (Å²) in [4.78, 5) is 47.5. The maximum Gasteiger partial charge on any atom is 0.308 e. The first-order chi connectivity index (χ1) is 17.1. The van der Waals surface area contributed by atoms with Gasteiger partial charge in [0, 0.05) is 36.7 Å². The van der Waals surface area contributed by atoms with Crippen LogP contribution in [0.1, 0.15) is 22.8 Å². The minimum Gasteiger partial charge on any atom is -0.496 e.